The highest BCUT2D eigenvalue weighted by Crippen LogP contribution is 2.45. The lowest BCUT2D eigenvalue weighted by Crippen LogP contribution is -2.34. The van der Waals surface area contributed by atoms with Crippen LogP contribution in [0.3, 0.4) is 0 Å². The summed E-state index contributed by atoms with van der Waals surface area (Å²) in [5.41, 5.74) is 9.90. The third kappa shape index (κ3) is 5.96. The first kappa shape index (κ1) is 28.8. The Hall–Kier alpha value is -2.34. The monoisotopic (exact) mass is 571 g/mol. The Morgan fingerprint density at radius 3 is 2.49 bits per heavy atom. The maximum atomic E-state index is 5.23. The minimum Gasteiger partial charge on any atom is -0.371 e. The molecule has 0 spiro atoms. The zero-order valence-corrected chi connectivity index (χ0v) is 25.9. The van der Waals surface area contributed by atoms with Gasteiger partial charge in [0.25, 0.3) is 0 Å². The highest BCUT2D eigenvalue weighted by molar-refractivity contribution is 7.94. The average molecular weight is 572 g/mol. The number of fused-ring (bicyclic) bond motifs is 1. The number of rotatable bonds is 12. The topological polar surface area (TPSA) is 24.7 Å². The Morgan fingerprint density at radius 1 is 1.02 bits per heavy atom. The van der Waals surface area contributed by atoms with Crippen molar-refractivity contribution in [3.63, 3.8) is 0 Å². The van der Waals surface area contributed by atoms with E-state index in [0.29, 0.717) is 0 Å². The van der Waals surface area contributed by atoms with E-state index in [1.165, 1.54) is 118 Å². The third-order valence-electron chi connectivity index (χ3n) is 9.97. The van der Waals surface area contributed by atoms with E-state index < -0.39 is 0 Å². The molecule has 1 unspecified atom stereocenters. The van der Waals surface area contributed by atoms with E-state index in [1.54, 1.807) is 23.9 Å². The maximum absolute atomic E-state index is 5.23. The number of aryl methyl sites for hydroxylation is 2. The van der Waals surface area contributed by atoms with Gasteiger partial charge in [-0.15, -0.1) is 6.58 Å². The molecular formula is C36H47N2O2S+. The van der Waals surface area contributed by atoms with Crippen LogP contribution in [0, 0.1) is 5.92 Å². The van der Waals surface area contributed by atoms with Gasteiger partial charge in [0.2, 0.25) is 5.69 Å². The summed E-state index contributed by atoms with van der Waals surface area (Å²) >= 11 is 1.28. The molecule has 0 bridgehead atoms. The number of benzene rings is 2. The SMILES string of the molecule is C=CCC1(C)C(C=Cc2cc3c4c(c2)CCCN4CCC3)=[N+](CCCCC2CCCC2)c2ccc(SOOC)cc21. The number of anilines is 1. The zero-order valence-electron chi connectivity index (χ0n) is 25.1. The van der Waals surface area contributed by atoms with E-state index in [0.717, 1.165) is 23.8 Å². The van der Waals surface area contributed by atoms with Gasteiger partial charge >= 0.3 is 0 Å². The summed E-state index contributed by atoms with van der Waals surface area (Å²) in [7, 11) is 1.55. The summed E-state index contributed by atoms with van der Waals surface area (Å²) in [4.78, 5) is 8.58. The van der Waals surface area contributed by atoms with Crippen LogP contribution >= 0.6 is 12.0 Å². The second-order valence-corrected chi connectivity index (χ2v) is 13.5. The Morgan fingerprint density at radius 2 is 1.78 bits per heavy atom. The Labute approximate surface area is 251 Å². The fourth-order valence-corrected chi connectivity index (χ4v) is 8.44. The zero-order chi connectivity index (χ0) is 28.2. The van der Waals surface area contributed by atoms with Gasteiger partial charge in [-0.1, -0.05) is 38.2 Å². The minimum atomic E-state index is -0.151. The van der Waals surface area contributed by atoms with Crippen molar-refractivity contribution in [1.82, 2.24) is 0 Å². The normalized spacial score (nSPS) is 22.0. The molecule has 2 aromatic rings. The van der Waals surface area contributed by atoms with Crippen LogP contribution < -0.4 is 4.90 Å². The fourth-order valence-electron chi connectivity index (χ4n) is 8.01. The molecule has 0 amide bonds. The van der Waals surface area contributed by atoms with Crippen LogP contribution in [-0.2, 0) is 27.5 Å². The van der Waals surface area contributed by atoms with Gasteiger partial charge < -0.3 is 4.90 Å². The highest BCUT2D eigenvalue weighted by atomic mass is 32.2. The molecule has 0 aromatic heterocycles. The number of hydrogen-bond donors (Lipinski definition) is 0. The van der Waals surface area contributed by atoms with Crippen LogP contribution in [0.15, 0.2) is 54.0 Å². The maximum Gasteiger partial charge on any atom is 0.209 e. The molecule has 1 saturated carbocycles. The molecule has 2 aromatic carbocycles. The number of unbranched alkanes of at least 4 members (excludes halogenated alkanes) is 1. The summed E-state index contributed by atoms with van der Waals surface area (Å²) in [6, 6.07) is 11.7. The molecule has 218 valence electrons. The van der Waals surface area contributed by atoms with Crippen LogP contribution in [-0.4, -0.2) is 37.0 Å². The van der Waals surface area contributed by atoms with Gasteiger partial charge in [-0.25, -0.2) is 4.89 Å². The number of nitrogens with zero attached hydrogens (tertiary/aromatic N) is 2. The van der Waals surface area contributed by atoms with Gasteiger partial charge in [-0.05, 0) is 98.4 Å². The van der Waals surface area contributed by atoms with Gasteiger partial charge in [-0.3, -0.25) is 0 Å². The van der Waals surface area contributed by atoms with Crippen molar-refractivity contribution < 1.29 is 13.8 Å². The second-order valence-electron chi connectivity index (χ2n) is 12.7. The minimum absolute atomic E-state index is 0.151. The number of allylic oxidation sites excluding steroid dienone is 2. The van der Waals surface area contributed by atoms with Crippen molar-refractivity contribution >= 4 is 35.2 Å². The average Bonchev–Trinajstić information content (AvgIpc) is 3.58. The first-order chi connectivity index (χ1) is 20.1. The standard InChI is InChI=1S/C36H47N2O2S/c1-4-20-36(2)32-26-31(41-40-39-3)17-18-33(32)38(23-8-7-13-27-11-5-6-12-27)34(36)19-16-28-24-29-14-9-21-37-22-10-15-30(25-28)35(29)37/h4,16-19,24-27H,1,5-15,20-23H2,2-3H3/q+1. The molecule has 3 aliphatic heterocycles. The highest BCUT2D eigenvalue weighted by Gasteiger charge is 2.47. The molecular weight excluding hydrogens is 524 g/mol. The molecule has 4 aliphatic rings. The molecule has 5 heteroatoms. The van der Waals surface area contributed by atoms with Gasteiger partial charge in [0.1, 0.15) is 6.54 Å². The van der Waals surface area contributed by atoms with Crippen molar-refractivity contribution in [2.45, 2.75) is 94.3 Å². The van der Waals surface area contributed by atoms with Crippen molar-refractivity contribution in [2.75, 3.05) is 31.6 Å². The van der Waals surface area contributed by atoms with Gasteiger partial charge in [-0.2, -0.15) is 8.91 Å². The molecule has 41 heavy (non-hydrogen) atoms. The lowest BCUT2D eigenvalue weighted by atomic mass is 9.76. The van der Waals surface area contributed by atoms with Crippen molar-refractivity contribution in [3.05, 3.63) is 71.3 Å². The molecule has 1 aliphatic carbocycles. The predicted octanol–water partition coefficient (Wildman–Crippen LogP) is 8.98. The third-order valence-corrected chi connectivity index (χ3v) is 10.6. The van der Waals surface area contributed by atoms with Crippen molar-refractivity contribution in [2.24, 2.45) is 5.92 Å². The summed E-state index contributed by atoms with van der Waals surface area (Å²) in [5, 5.41) is 0. The van der Waals surface area contributed by atoms with Gasteiger partial charge in [0.05, 0.1) is 24.6 Å². The lowest BCUT2D eigenvalue weighted by Gasteiger charge is -2.37. The lowest BCUT2D eigenvalue weighted by molar-refractivity contribution is -0.438. The van der Waals surface area contributed by atoms with Crippen LogP contribution in [0.5, 0.6) is 0 Å². The molecule has 0 radical (unpaired) electrons. The van der Waals surface area contributed by atoms with Crippen molar-refractivity contribution in [1.29, 1.82) is 0 Å². The Kier molecular flexibility index (Phi) is 9.04. The number of hydrogen-bond acceptors (Lipinski definition) is 4. The van der Waals surface area contributed by atoms with Crippen LogP contribution in [0.1, 0.15) is 93.4 Å². The van der Waals surface area contributed by atoms with Gasteiger partial charge in [0.15, 0.2) is 5.71 Å². The van der Waals surface area contributed by atoms with E-state index in [4.69, 9.17) is 9.22 Å². The van der Waals surface area contributed by atoms with Crippen LogP contribution in [0.25, 0.3) is 6.08 Å². The largest absolute Gasteiger partial charge is 0.371 e. The van der Waals surface area contributed by atoms with Gasteiger partial charge in [0, 0.05) is 47.8 Å². The van der Waals surface area contributed by atoms with E-state index >= 15 is 0 Å². The van der Waals surface area contributed by atoms with E-state index in [2.05, 4.69) is 71.5 Å². The van der Waals surface area contributed by atoms with E-state index in [9.17, 15) is 0 Å². The van der Waals surface area contributed by atoms with Crippen LogP contribution in [0.2, 0.25) is 0 Å². The molecule has 4 nitrogen and oxygen atoms in total. The first-order valence-corrected chi connectivity index (χ1v) is 16.7. The second kappa shape index (κ2) is 12.9. The summed E-state index contributed by atoms with van der Waals surface area (Å²) < 4.78 is 7.84. The Bertz CT molecular complexity index is 1290. The van der Waals surface area contributed by atoms with Crippen LogP contribution in [0.4, 0.5) is 11.4 Å². The molecule has 1 atom stereocenters. The Balaban J connectivity index is 1.34. The fraction of sp³-hybridized carbons (Fsp3) is 0.528. The summed E-state index contributed by atoms with van der Waals surface area (Å²) in [5.74, 6) is 0.955. The quantitative estimate of drug-likeness (QED) is 0.0634. The molecule has 0 saturated heterocycles. The summed E-state index contributed by atoms with van der Waals surface area (Å²) in [6.45, 7) is 10.1. The first-order valence-electron chi connectivity index (χ1n) is 16.0. The summed E-state index contributed by atoms with van der Waals surface area (Å²) in [6.07, 6.45) is 22.4. The molecule has 3 heterocycles. The smallest absolute Gasteiger partial charge is 0.209 e. The molecule has 0 N–H and O–H groups in total. The predicted molar refractivity (Wildman–Crippen MR) is 172 cm³/mol. The molecule has 1 fully saturated rings. The molecule has 6 rings (SSSR count). The van der Waals surface area contributed by atoms with Crippen molar-refractivity contribution in [3.8, 4) is 0 Å². The van der Waals surface area contributed by atoms with E-state index in [-0.39, 0.29) is 5.41 Å². The van der Waals surface area contributed by atoms with E-state index in [1.807, 2.05) is 0 Å².